The SMILES string of the molecule is O=C(CN1CCCN(CC(=O)NCc2cccnc2)CC1)NCc1cccnc1. The summed E-state index contributed by atoms with van der Waals surface area (Å²) in [6.07, 6.45) is 7.87. The van der Waals surface area contributed by atoms with Crippen molar-refractivity contribution in [3.8, 4) is 0 Å². The molecular weight excluding hydrogens is 368 g/mol. The lowest BCUT2D eigenvalue weighted by molar-refractivity contribution is -0.123. The molecular formula is C21H28N6O2. The van der Waals surface area contributed by atoms with Gasteiger partial charge in [0.1, 0.15) is 0 Å². The van der Waals surface area contributed by atoms with E-state index in [9.17, 15) is 9.59 Å². The van der Waals surface area contributed by atoms with E-state index in [1.165, 1.54) is 0 Å². The van der Waals surface area contributed by atoms with Gasteiger partial charge in [-0.05, 0) is 42.8 Å². The Labute approximate surface area is 171 Å². The van der Waals surface area contributed by atoms with Crippen LogP contribution in [0.15, 0.2) is 49.1 Å². The van der Waals surface area contributed by atoms with Crippen molar-refractivity contribution >= 4 is 11.8 Å². The maximum absolute atomic E-state index is 12.2. The Morgan fingerprint density at radius 3 is 1.69 bits per heavy atom. The van der Waals surface area contributed by atoms with Crippen LogP contribution >= 0.6 is 0 Å². The Morgan fingerprint density at radius 2 is 1.28 bits per heavy atom. The molecule has 0 aliphatic carbocycles. The van der Waals surface area contributed by atoms with Crippen LogP contribution in [0.1, 0.15) is 17.5 Å². The van der Waals surface area contributed by atoms with Crippen LogP contribution in [0.3, 0.4) is 0 Å². The minimum Gasteiger partial charge on any atom is -0.351 e. The minimum absolute atomic E-state index is 0.0107. The lowest BCUT2D eigenvalue weighted by Gasteiger charge is -2.21. The fourth-order valence-corrected chi connectivity index (χ4v) is 3.27. The molecule has 1 aliphatic rings. The predicted octanol–water partition coefficient (Wildman–Crippen LogP) is 0.417. The van der Waals surface area contributed by atoms with E-state index in [2.05, 4.69) is 30.4 Å². The van der Waals surface area contributed by atoms with E-state index in [0.717, 1.165) is 43.7 Å². The first-order valence-electron chi connectivity index (χ1n) is 9.95. The molecule has 0 atom stereocenters. The van der Waals surface area contributed by atoms with Crippen molar-refractivity contribution in [3.63, 3.8) is 0 Å². The third kappa shape index (κ3) is 7.59. The lowest BCUT2D eigenvalue weighted by atomic mass is 10.3. The van der Waals surface area contributed by atoms with Crippen molar-refractivity contribution in [2.75, 3.05) is 39.3 Å². The molecule has 0 bridgehead atoms. The summed E-state index contributed by atoms with van der Waals surface area (Å²) < 4.78 is 0. The maximum Gasteiger partial charge on any atom is 0.234 e. The largest absolute Gasteiger partial charge is 0.351 e. The van der Waals surface area contributed by atoms with Gasteiger partial charge in [-0.25, -0.2) is 0 Å². The highest BCUT2D eigenvalue weighted by atomic mass is 16.2. The van der Waals surface area contributed by atoms with Gasteiger partial charge in [-0.2, -0.15) is 0 Å². The molecule has 3 rings (SSSR count). The molecule has 8 heteroatoms. The van der Waals surface area contributed by atoms with Gasteiger partial charge in [0.2, 0.25) is 11.8 Å². The smallest absolute Gasteiger partial charge is 0.234 e. The molecule has 29 heavy (non-hydrogen) atoms. The Kier molecular flexibility index (Phi) is 8.09. The summed E-state index contributed by atoms with van der Waals surface area (Å²) in [6, 6.07) is 7.60. The van der Waals surface area contributed by atoms with Crippen LogP contribution in [-0.4, -0.2) is 70.9 Å². The van der Waals surface area contributed by atoms with Crippen LogP contribution in [-0.2, 0) is 22.7 Å². The highest BCUT2D eigenvalue weighted by Gasteiger charge is 2.18. The van der Waals surface area contributed by atoms with E-state index in [-0.39, 0.29) is 11.8 Å². The number of pyridine rings is 2. The number of aromatic nitrogens is 2. The van der Waals surface area contributed by atoms with Gasteiger partial charge in [-0.1, -0.05) is 12.1 Å². The normalized spacial score (nSPS) is 15.4. The Morgan fingerprint density at radius 1 is 0.793 bits per heavy atom. The molecule has 2 aromatic rings. The Balaban J connectivity index is 1.35. The Bertz CT molecular complexity index is 706. The first-order chi connectivity index (χ1) is 14.2. The molecule has 0 unspecified atom stereocenters. The molecule has 2 N–H and O–H groups in total. The standard InChI is InChI=1S/C21H28N6O2/c28-20(24-14-18-4-1-6-22-12-18)16-26-8-3-9-27(11-10-26)17-21(29)25-15-19-5-2-7-23-13-19/h1-2,4-7,12-13H,3,8-11,14-17H2,(H,24,28)(H,25,29). The van der Waals surface area contributed by atoms with Crippen LogP contribution in [0, 0.1) is 0 Å². The van der Waals surface area contributed by atoms with Crippen molar-refractivity contribution in [1.29, 1.82) is 0 Å². The zero-order valence-corrected chi connectivity index (χ0v) is 16.6. The van der Waals surface area contributed by atoms with Gasteiger partial charge < -0.3 is 10.6 Å². The van der Waals surface area contributed by atoms with Crippen molar-refractivity contribution in [2.24, 2.45) is 0 Å². The number of carbonyl (C=O) groups is 2. The van der Waals surface area contributed by atoms with Crippen molar-refractivity contribution < 1.29 is 9.59 Å². The second kappa shape index (κ2) is 11.2. The van der Waals surface area contributed by atoms with Gasteiger partial charge >= 0.3 is 0 Å². The van der Waals surface area contributed by atoms with Gasteiger partial charge in [0.25, 0.3) is 0 Å². The number of hydrogen-bond donors (Lipinski definition) is 2. The summed E-state index contributed by atoms with van der Waals surface area (Å²) in [4.78, 5) is 36.8. The summed E-state index contributed by atoms with van der Waals surface area (Å²) >= 11 is 0. The molecule has 0 aromatic carbocycles. The highest BCUT2D eigenvalue weighted by molar-refractivity contribution is 5.78. The van der Waals surface area contributed by atoms with Gasteiger partial charge in [0.05, 0.1) is 13.1 Å². The quantitative estimate of drug-likeness (QED) is 0.672. The fourth-order valence-electron chi connectivity index (χ4n) is 3.27. The second-order valence-corrected chi connectivity index (χ2v) is 7.18. The van der Waals surface area contributed by atoms with Crippen molar-refractivity contribution in [1.82, 2.24) is 30.4 Å². The second-order valence-electron chi connectivity index (χ2n) is 7.18. The molecule has 0 radical (unpaired) electrons. The Hall–Kier alpha value is -2.84. The molecule has 1 aliphatic heterocycles. The lowest BCUT2D eigenvalue weighted by Crippen LogP contribution is -2.41. The van der Waals surface area contributed by atoms with Crippen LogP contribution < -0.4 is 10.6 Å². The number of amides is 2. The van der Waals surface area contributed by atoms with Crippen LogP contribution in [0.5, 0.6) is 0 Å². The monoisotopic (exact) mass is 396 g/mol. The molecule has 154 valence electrons. The molecule has 1 saturated heterocycles. The zero-order chi connectivity index (χ0) is 20.3. The van der Waals surface area contributed by atoms with Gasteiger partial charge in [-0.3, -0.25) is 29.4 Å². The molecule has 0 spiro atoms. The summed E-state index contributed by atoms with van der Waals surface area (Å²) in [5.41, 5.74) is 1.97. The molecule has 2 amide bonds. The number of carbonyl (C=O) groups excluding carboxylic acids is 2. The fraction of sp³-hybridized carbons (Fsp3) is 0.429. The van der Waals surface area contributed by atoms with Gasteiger partial charge in [0, 0.05) is 51.0 Å². The third-order valence-corrected chi connectivity index (χ3v) is 4.84. The van der Waals surface area contributed by atoms with Crippen LogP contribution in [0.4, 0.5) is 0 Å². The average Bonchev–Trinajstić information content (AvgIpc) is 2.97. The van der Waals surface area contributed by atoms with E-state index < -0.39 is 0 Å². The van der Waals surface area contributed by atoms with E-state index in [1.54, 1.807) is 24.8 Å². The number of nitrogens with zero attached hydrogens (tertiary/aromatic N) is 4. The molecule has 8 nitrogen and oxygen atoms in total. The number of hydrogen-bond acceptors (Lipinski definition) is 6. The first kappa shape index (κ1) is 20.9. The maximum atomic E-state index is 12.2. The summed E-state index contributed by atoms with van der Waals surface area (Å²) in [7, 11) is 0. The minimum atomic E-state index is 0.0107. The topological polar surface area (TPSA) is 90.5 Å². The van der Waals surface area contributed by atoms with Crippen LogP contribution in [0.2, 0.25) is 0 Å². The van der Waals surface area contributed by atoms with Gasteiger partial charge in [0.15, 0.2) is 0 Å². The zero-order valence-electron chi connectivity index (χ0n) is 16.6. The van der Waals surface area contributed by atoms with Gasteiger partial charge in [-0.15, -0.1) is 0 Å². The number of nitrogens with one attached hydrogen (secondary N) is 2. The van der Waals surface area contributed by atoms with Crippen LogP contribution in [0.25, 0.3) is 0 Å². The average molecular weight is 396 g/mol. The predicted molar refractivity (Wildman–Crippen MR) is 110 cm³/mol. The molecule has 3 heterocycles. The molecule has 1 fully saturated rings. The third-order valence-electron chi connectivity index (χ3n) is 4.84. The molecule has 0 saturated carbocycles. The van der Waals surface area contributed by atoms with E-state index >= 15 is 0 Å². The van der Waals surface area contributed by atoms with Crippen molar-refractivity contribution in [3.05, 3.63) is 60.2 Å². The highest BCUT2D eigenvalue weighted by Crippen LogP contribution is 2.03. The first-order valence-corrected chi connectivity index (χ1v) is 9.95. The number of rotatable bonds is 8. The molecule has 2 aromatic heterocycles. The summed E-state index contributed by atoms with van der Waals surface area (Å²) in [6.45, 7) is 4.99. The summed E-state index contributed by atoms with van der Waals surface area (Å²) in [5.74, 6) is 0.0213. The van der Waals surface area contributed by atoms with E-state index in [4.69, 9.17) is 0 Å². The van der Waals surface area contributed by atoms with E-state index in [1.807, 2.05) is 24.3 Å². The summed E-state index contributed by atoms with van der Waals surface area (Å²) in [5, 5.41) is 5.88. The van der Waals surface area contributed by atoms with Crippen molar-refractivity contribution in [2.45, 2.75) is 19.5 Å². The van der Waals surface area contributed by atoms with E-state index in [0.29, 0.717) is 26.2 Å².